The van der Waals surface area contributed by atoms with E-state index in [2.05, 4.69) is 10.6 Å². The van der Waals surface area contributed by atoms with Crippen molar-refractivity contribution in [2.24, 2.45) is 5.92 Å². The number of para-hydroxylation sites is 1. The van der Waals surface area contributed by atoms with Gasteiger partial charge in [0.05, 0.1) is 18.2 Å². The van der Waals surface area contributed by atoms with Crippen molar-refractivity contribution in [2.75, 3.05) is 23.3 Å². The van der Waals surface area contributed by atoms with Gasteiger partial charge in [0.2, 0.25) is 17.7 Å². The summed E-state index contributed by atoms with van der Waals surface area (Å²) in [7, 11) is 0. The molecule has 6 nitrogen and oxygen atoms in total. The lowest BCUT2D eigenvalue weighted by Gasteiger charge is -2.19. The number of nitrogens with zero attached hydrogens (tertiary/aromatic N) is 1. The molecule has 1 saturated heterocycles. The van der Waals surface area contributed by atoms with E-state index in [-0.39, 0.29) is 30.7 Å². The van der Waals surface area contributed by atoms with Crippen molar-refractivity contribution in [3.05, 3.63) is 71.8 Å². The lowest BCUT2D eigenvalue weighted by Crippen LogP contribution is -2.38. The highest BCUT2D eigenvalue weighted by Crippen LogP contribution is 2.31. The van der Waals surface area contributed by atoms with Crippen molar-refractivity contribution in [1.29, 1.82) is 0 Å². The molecule has 0 bridgehead atoms. The van der Waals surface area contributed by atoms with Crippen LogP contribution in [0.4, 0.5) is 11.4 Å². The predicted octanol–water partition coefficient (Wildman–Crippen LogP) is 3.56. The highest BCUT2D eigenvalue weighted by Gasteiger charge is 2.35. The monoisotopic (exact) mass is 415 g/mol. The highest BCUT2D eigenvalue weighted by atomic mass is 16.2. The maximum Gasteiger partial charge on any atom is 0.243 e. The van der Waals surface area contributed by atoms with Crippen molar-refractivity contribution < 1.29 is 14.4 Å². The Balaban J connectivity index is 1.39. The summed E-state index contributed by atoms with van der Waals surface area (Å²) >= 11 is 0. The molecule has 0 unspecified atom stereocenters. The lowest BCUT2D eigenvalue weighted by molar-refractivity contribution is -0.127. The largest absolute Gasteiger partial charge is 0.347 e. The van der Waals surface area contributed by atoms with E-state index in [4.69, 9.17) is 0 Å². The van der Waals surface area contributed by atoms with Gasteiger partial charge in [-0.25, -0.2) is 0 Å². The number of hydrogen-bond acceptors (Lipinski definition) is 3. The van der Waals surface area contributed by atoms with Crippen LogP contribution in [0.1, 0.15) is 17.5 Å². The van der Waals surface area contributed by atoms with Crippen LogP contribution in [-0.2, 0) is 14.4 Å². The molecule has 158 valence electrons. The zero-order chi connectivity index (χ0) is 22.0. The molecule has 1 aliphatic heterocycles. The van der Waals surface area contributed by atoms with E-state index in [9.17, 15) is 14.4 Å². The van der Waals surface area contributed by atoms with Gasteiger partial charge >= 0.3 is 0 Å². The molecule has 2 N–H and O–H groups in total. The maximum atomic E-state index is 12.7. The Labute approximate surface area is 181 Å². The molecule has 1 aliphatic rings. The van der Waals surface area contributed by atoms with Crippen LogP contribution in [0.15, 0.2) is 60.7 Å². The van der Waals surface area contributed by atoms with Gasteiger partial charge in [-0.05, 0) is 36.4 Å². The number of carbonyl (C=O) groups excluding carboxylic acids is 3. The Bertz CT molecular complexity index is 1150. The van der Waals surface area contributed by atoms with E-state index in [1.54, 1.807) is 4.90 Å². The average molecular weight is 415 g/mol. The number of rotatable bonds is 5. The summed E-state index contributed by atoms with van der Waals surface area (Å²) in [4.78, 5) is 39.3. The number of hydrogen-bond donors (Lipinski definition) is 2. The van der Waals surface area contributed by atoms with Gasteiger partial charge in [0.15, 0.2) is 0 Å². The van der Waals surface area contributed by atoms with Crippen LogP contribution in [-0.4, -0.2) is 30.8 Å². The first kappa shape index (κ1) is 20.6. The normalized spacial score (nSPS) is 15.9. The van der Waals surface area contributed by atoms with Gasteiger partial charge in [-0.15, -0.1) is 0 Å². The molecule has 0 aromatic heterocycles. The van der Waals surface area contributed by atoms with Crippen LogP contribution in [0.2, 0.25) is 0 Å². The molecule has 0 aliphatic carbocycles. The third-order valence-electron chi connectivity index (χ3n) is 5.72. The van der Waals surface area contributed by atoms with Gasteiger partial charge in [-0.3, -0.25) is 14.4 Å². The SMILES string of the molecule is Cc1cccc(C)c1NC(=O)CNC(=O)[C@@H]1CC(=O)N(c2cccc3ccccc23)C1. The minimum absolute atomic E-state index is 0.0866. The van der Waals surface area contributed by atoms with E-state index < -0.39 is 5.92 Å². The maximum absolute atomic E-state index is 12.7. The molecule has 0 radical (unpaired) electrons. The molecule has 1 heterocycles. The first-order chi connectivity index (χ1) is 14.9. The van der Waals surface area contributed by atoms with Crippen LogP contribution >= 0.6 is 0 Å². The van der Waals surface area contributed by atoms with Gasteiger partial charge in [0.1, 0.15) is 0 Å². The number of anilines is 2. The first-order valence-corrected chi connectivity index (χ1v) is 10.4. The molecular weight excluding hydrogens is 390 g/mol. The molecule has 3 amide bonds. The number of fused-ring (bicyclic) bond motifs is 1. The third-order valence-corrected chi connectivity index (χ3v) is 5.72. The van der Waals surface area contributed by atoms with Crippen LogP contribution in [0.25, 0.3) is 10.8 Å². The fourth-order valence-corrected chi connectivity index (χ4v) is 4.07. The number of nitrogens with one attached hydrogen (secondary N) is 2. The molecule has 31 heavy (non-hydrogen) atoms. The standard InChI is InChI=1S/C25H25N3O3/c1-16-7-5-8-17(2)24(16)27-22(29)14-26-25(31)19-13-23(30)28(15-19)21-12-6-10-18-9-3-4-11-20(18)21/h3-12,19H,13-15H2,1-2H3,(H,26,31)(H,27,29)/t19-/m1/s1. The summed E-state index contributed by atoms with van der Waals surface area (Å²) in [6, 6.07) is 19.5. The third kappa shape index (κ3) is 4.28. The topological polar surface area (TPSA) is 78.5 Å². The summed E-state index contributed by atoms with van der Waals surface area (Å²) < 4.78 is 0. The van der Waals surface area contributed by atoms with Crippen molar-refractivity contribution >= 4 is 39.9 Å². The summed E-state index contributed by atoms with van der Waals surface area (Å²) in [5.41, 5.74) is 3.50. The predicted molar refractivity (Wildman–Crippen MR) is 122 cm³/mol. The Kier molecular flexibility index (Phi) is 5.71. The number of carbonyl (C=O) groups is 3. The highest BCUT2D eigenvalue weighted by molar-refractivity contribution is 6.07. The smallest absolute Gasteiger partial charge is 0.243 e. The van der Waals surface area contributed by atoms with Crippen LogP contribution < -0.4 is 15.5 Å². The lowest BCUT2D eigenvalue weighted by atomic mass is 10.1. The summed E-state index contributed by atoms with van der Waals surface area (Å²) in [6.45, 7) is 4.02. The van der Waals surface area contributed by atoms with Gasteiger partial charge in [-0.1, -0.05) is 54.6 Å². The zero-order valence-electron chi connectivity index (χ0n) is 17.6. The minimum atomic E-state index is -0.487. The Morgan fingerprint density at radius 1 is 0.968 bits per heavy atom. The van der Waals surface area contributed by atoms with Crippen LogP contribution in [0.5, 0.6) is 0 Å². The number of aryl methyl sites for hydroxylation is 2. The molecular formula is C25H25N3O3. The van der Waals surface area contributed by atoms with Crippen LogP contribution in [0, 0.1) is 19.8 Å². The summed E-state index contributed by atoms with van der Waals surface area (Å²) in [6.07, 6.45) is 0.133. The molecule has 1 fully saturated rings. The molecule has 6 heteroatoms. The van der Waals surface area contributed by atoms with Crippen molar-refractivity contribution in [3.63, 3.8) is 0 Å². The van der Waals surface area contributed by atoms with E-state index in [0.29, 0.717) is 6.54 Å². The Morgan fingerprint density at radius 2 is 1.65 bits per heavy atom. The fourth-order valence-electron chi connectivity index (χ4n) is 4.07. The second-order valence-electron chi connectivity index (χ2n) is 7.94. The van der Waals surface area contributed by atoms with E-state index >= 15 is 0 Å². The molecule has 0 spiro atoms. The number of amides is 3. The van der Waals surface area contributed by atoms with Crippen molar-refractivity contribution in [1.82, 2.24) is 5.32 Å². The van der Waals surface area contributed by atoms with Gasteiger partial charge in [-0.2, -0.15) is 0 Å². The first-order valence-electron chi connectivity index (χ1n) is 10.4. The molecule has 3 aromatic rings. The number of benzene rings is 3. The molecule has 4 rings (SSSR count). The molecule has 3 aromatic carbocycles. The molecule has 0 saturated carbocycles. The van der Waals surface area contributed by atoms with Gasteiger partial charge < -0.3 is 15.5 Å². The Morgan fingerprint density at radius 3 is 2.42 bits per heavy atom. The van der Waals surface area contributed by atoms with Crippen molar-refractivity contribution in [3.8, 4) is 0 Å². The van der Waals surface area contributed by atoms with E-state index in [0.717, 1.165) is 33.3 Å². The van der Waals surface area contributed by atoms with E-state index in [1.807, 2.05) is 74.5 Å². The second kappa shape index (κ2) is 8.60. The van der Waals surface area contributed by atoms with Gasteiger partial charge in [0, 0.05) is 24.0 Å². The quantitative estimate of drug-likeness (QED) is 0.669. The van der Waals surface area contributed by atoms with Crippen LogP contribution in [0.3, 0.4) is 0 Å². The summed E-state index contributed by atoms with van der Waals surface area (Å²) in [5, 5.41) is 7.56. The van der Waals surface area contributed by atoms with E-state index in [1.165, 1.54) is 0 Å². The van der Waals surface area contributed by atoms with Gasteiger partial charge in [0.25, 0.3) is 0 Å². The van der Waals surface area contributed by atoms with Crippen molar-refractivity contribution in [2.45, 2.75) is 20.3 Å². The summed E-state index contributed by atoms with van der Waals surface area (Å²) in [5.74, 6) is -1.15. The Hall–Kier alpha value is -3.67. The second-order valence-corrected chi connectivity index (χ2v) is 7.94. The average Bonchev–Trinajstić information content (AvgIpc) is 3.16. The fraction of sp³-hybridized carbons (Fsp3) is 0.240. The minimum Gasteiger partial charge on any atom is -0.347 e. The molecule has 1 atom stereocenters. The zero-order valence-corrected chi connectivity index (χ0v) is 17.6.